The molecule has 0 unspecified atom stereocenters. The molecule has 0 bridgehead atoms. The van der Waals surface area contributed by atoms with Crippen LogP contribution in [0.4, 0.5) is 4.39 Å². The summed E-state index contributed by atoms with van der Waals surface area (Å²) in [6, 6.07) is 19.1. The first-order chi connectivity index (χ1) is 10.1. The van der Waals surface area contributed by atoms with E-state index in [1.165, 1.54) is 29.0 Å². The molecule has 3 aromatic rings. The maximum atomic E-state index is 13.1. The monoisotopic (exact) mass is 279 g/mol. The summed E-state index contributed by atoms with van der Waals surface area (Å²) in [5.41, 5.74) is 5.65. The highest BCUT2D eigenvalue weighted by Gasteiger charge is 2.13. The summed E-state index contributed by atoms with van der Waals surface area (Å²) < 4.78 is 13.1. The summed E-state index contributed by atoms with van der Waals surface area (Å²) in [7, 11) is 0. The van der Waals surface area contributed by atoms with Crippen LogP contribution in [0.2, 0.25) is 0 Å². The third kappa shape index (κ3) is 2.75. The summed E-state index contributed by atoms with van der Waals surface area (Å²) in [6.07, 6.45) is 0. The van der Waals surface area contributed by atoms with Crippen LogP contribution in [0.1, 0.15) is 25.5 Å². The SMILES string of the molecule is CC(C)c1[nH]c(-c2ccc(F)cc2)cc1-c1ccccc1. The van der Waals surface area contributed by atoms with Gasteiger partial charge in [0.2, 0.25) is 0 Å². The minimum atomic E-state index is -0.210. The Kier molecular flexibility index (Phi) is 3.61. The molecule has 106 valence electrons. The third-order valence-electron chi connectivity index (χ3n) is 3.67. The van der Waals surface area contributed by atoms with E-state index in [9.17, 15) is 4.39 Å². The Hall–Kier alpha value is -2.35. The lowest BCUT2D eigenvalue weighted by atomic mass is 10.00. The van der Waals surface area contributed by atoms with Crippen molar-refractivity contribution in [1.29, 1.82) is 0 Å². The molecule has 0 atom stereocenters. The van der Waals surface area contributed by atoms with E-state index in [0.29, 0.717) is 5.92 Å². The molecule has 21 heavy (non-hydrogen) atoms. The summed E-state index contributed by atoms with van der Waals surface area (Å²) in [5, 5.41) is 0. The first kappa shape index (κ1) is 13.6. The first-order valence-electron chi connectivity index (χ1n) is 7.19. The lowest BCUT2D eigenvalue weighted by Crippen LogP contribution is -1.90. The van der Waals surface area contributed by atoms with Crippen molar-refractivity contribution < 1.29 is 4.39 Å². The zero-order valence-corrected chi connectivity index (χ0v) is 12.2. The topological polar surface area (TPSA) is 15.8 Å². The van der Waals surface area contributed by atoms with Crippen LogP contribution in [0.25, 0.3) is 22.4 Å². The molecule has 2 heteroatoms. The lowest BCUT2D eigenvalue weighted by molar-refractivity contribution is 0.628. The van der Waals surface area contributed by atoms with Gasteiger partial charge in [0.15, 0.2) is 0 Å². The zero-order chi connectivity index (χ0) is 14.8. The second-order valence-corrected chi connectivity index (χ2v) is 5.54. The molecular weight excluding hydrogens is 261 g/mol. The second-order valence-electron chi connectivity index (χ2n) is 5.54. The van der Waals surface area contributed by atoms with Crippen molar-refractivity contribution in [1.82, 2.24) is 4.98 Å². The molecule has 0 spiro atoms. The largest absolute Gasteiger partial charge is 0.358 e. The Labute approximate surface area is 124 Å². The van der Waals surface area contributed by atoms with E-state index >= 15 is 0 Å². The lowest BCUT2D eigenvalue weighted by Gasteiger charge is -2.07. The fourth-order valence-electron chi connectivity index (χ4n) is 2.57. The fraction of sp³-hybridized carbons (Fsp3) is 0.158. The van der Waals surface area contributed by atoms with Gasteiger partial charge in [-0.15, -0.1) is 0 Å². The van der Waals surface area contributed by atoms with Crippen LogP contribution in [0, 0.1) is 5.82 Å². The Morgan fingerprint density at radius 1 is 0.857 bits per heavy atom. The Balaban J connectivity index is 2.11. The van der Waals surface area contributed by atoms with Gasteiger partial charge in [-0.2, -0.15) is 0 Å². The molecule has 0 saturated carbocycles. The predicted octanol–water partition coefficient (Wildman–Crippen LogP) is 5.61. The molecular formula is C19H18FN. The number of H-pyrrole nitrogens is 1. The molecule has 0 saturated heterocycles. The Bertz CT molecular complexity index is 724. The smallest absolute Gasteiger partial charge is 0.123 e. The van der Waals surface area contributed by atoms with E-state index in [1.54, 1.807) is 12.1 Å². The molecule has 0 fully saturated rings. The van der Waals surface area contributed by atoms with Gasteiger partial charge in [0.25, 0.3) is 0 Å². The minimum Gasteiger partial charge on any atom is -0.358 e. The van der Waals surface area contributed by atoms with Crippen molar-refractivity contribution in [3.63, 3.8) is 0 Å². The number of aromatic nitrogens is 1. The average Bonchev–Trinajstić information content (AvgIpc) is 2.94. The van der Waals surface area contributed by atoms with E-state index in [4.69, 9.17) is 0 Å². The Morgan fingerprint density at radius 3 is 2.14 bits per heavy atom. The molecule has 2 aromatic carbocycles. The van der Waals surface area contributed by atoms with Gasteiger partial charge in [-0.05, 0) is 47.4 Å². The van der Waals surface area contributed by atoms with Gasteiger partial charge in [-0.3, -0.25) is 0 Å². The van der Waals surface area contributed by atoms with E-state index in [-0.39, 0.29) is 5.82 Å². The first-order valence-corrected chi connectivity index (χ1v) is 7.19. The van der Waals surface area contributed by atoms with Gasteiger partial charge in [0.1, 0.15) is 5.82 Å². The van der Waals surface area contributed by atoms with Gasteiger partial charge < -0.3 is 4.98 Å². The second kappa shape index (κ2) is 5.57. The minimum absolute atomic E-state index is 0.210. The number of halogens is 1. The summed E-state index contributed by atoms with van der Waals surface area (Å²) >= 11 is 0. The summed E-state index contributed by atoms with van der Waals surface area (Å²) in [4.78, 5) is 3.49. The normalized spacial score (nSPS) is 11.0. The number of aromatic amines is 1. The van der Waals surface area contributed by atoms with Crippen LogP contribution in [-0.4, -0.2) is 4.98 Å². The molecule has 1 nitrogen and oxygen atoms in total. The molecule has 1 aromatic heterocycles. The van der Waals surface area contributed by atoms with Crippen molar-refractivity contribution in [3.8, 4) is 22.4 Å². The number of nitrogens with one attached hydrogen (secondary N) is 1. The molecule has 0 amide bonds. The molecule has 3 rings (SSSR count). The molecule has 1 heterocycles. The highest BCUT2D eigenvalue weighted by atomic mass is 19.1. The van der Waals surface area contributed by atoms with Gasteiger partial charge in [-0.1, -0.05) is 44.2 Å². The Morgan fingerprint density at radius 2 is 1.52 bits per heavy atom. The average molecular weight is 279 g/mol. The van der Waals surface area contributed by atoms with E-state index < -0.39 is 0 Å². The molecule has 0 radical (unpaired) electrons. The highest BCUT2D eigenvalue weighted by molar-refractivity contribution is 5.74. The molecule has 1 N–H and O–H groups in total. The maximum absolute atomic E-state index is 13.1. The van der Waals surface area contributed by atoms with Crippen LogP contribution in [-0.2, 0) is 0 Å². The highest BCUT2D eigenvalue weighted by Crippen LogP contribution is 2.33. The van der Waals surface area contributed by atoms with Crippen LogP contribution in [0.5, 0.6) is 0 Å². The zero-order valence-electron chi connectivity index (χ0n) is 12.2. The number of benzene rings is 2. The van der Waals surface area contributed by atoms with Crippen molar-refractivity contribution in [3.05, 3.63) is 72.2 Å². The van der Waals surface area contributed by atoms with Gasteiger partial charge in [0.05, 0.1) is 0 Å². The van der Waals surface area contributed by atoms with Crippen LogP contribution >= 0.6 is 0 Å². The van der Waals surface area contributed by atoms with E-state index in [0.717, 1.165) is 11.3 Å². The summed E-state index contributed by atoms with van der Waals surface area (Å²) in [5.74, 6) is 0.187. The van der Waals surface area contributed by atoms with Crippen LogP contribution in [0.15, 0.2) is 60.7 Å². The van der Waals surface area contributed by atoms with Gasteiger partial charge in [0, 0.05) is 17.0 Å². The standard InChI is InChI=1S/C19H18FN/c1-13(2)19-17(14-6-4-3-5-7-14)12-18(21-19)15-8-10-16(20)11-9-15/h3-13,21H,1-2H3. The van der Waals surface area contributed by atoms with Crippen LogP contribution in [0.3, 0.4) is 0 Å². The fourth-order valence-corrected chi connectivity index (χ4v) is 2.57. The number of hydrogen-bond acceptors (Lipinski definition) is 0. The molecule has 0 aliphatic rings. The quantitative estimate of drug-likeness (QED) is 0.641. The van der Waals surface area contributed by atoms with Crippen molar-refractivity contribution in [2.45, 2.75) is 19.8 Å². The van der Waals surface area contributed by atoms with Crippen molar-refractivity contribution >= 4 is 0 Å². The number of hydrogen-bond donors (Lipinski definition) is 1. The maximum Gasteiger partial charge on any atom is 0.123 e. The number of rotatable bonds is 3. The van der Waals surface area contributed by atoms with E-state index in [2.05, 4.69) is 37.0 Å². The predicted molar refractivity (Wildman–Crippen MR) is 85.7 cm³/mol. The molecule has 0 aliphatic heterocycles. The van der Waals surface area contributed by atoms with E-state index in [1.807, 2.05) is 18.2 Å². The van der Waals surface area contributed by atoms with Gasteiger partial charge >= 0.3 is 0 Å². The molecule has 0 aliphatic carbocycles. The van der Waals surface area contributed by atoms with Crippen LogP contribution < -0.4 is 0 Å². The van der Waals surface area contributed by atoms with Gasteiger partial charge in [-0.25, -0.2) is 4.39 Å². The van der Waals surface area contributed by atoms with Crippen molar-refractivity contribution in [2.75, 3.05) is 0 Å². The third-order valence-corrected chi connectivity index (χ3v) is 3.67. The van der Waals surface area contributed by atoms with Crippen molar-refractivity contribution in [2.24, 2.45) is 0 Å². The summed E-state index contributed by atoms with van der Waals surface area (Å²) in [6.45, 7) is 4.35.